The molecule has 0 bridgehead atoms. The summed E-state index contributed by atoms with van der Waals surface area (Å²) >= 11 is 0. The number of rotatable bonds is 4. The maximum Gasteiger partial charge on any atom is 0.225 e. The number of aryl methyl sites for hydroxylation is 1. The van der Waals surface area contributed by atoms with Gasteiger partial charge in [0.05, 0.1) is 0 Å². The largest absolute Gasteiger partial charge is 0.341 e. The quantitative estimate of drug-likeness (QED) is 0.845. The molecule has 3 rings (SSSR count). The molecule has 3 heterocycles. The van der Waals surface area contributed by atoms with Crippen molar-refractivity contribution >= 4 is 5.95 Å². The molecule has 2 aliphatic rings. The molecule has 0 unspecified atom stereocenters. The number of nitrogens with zero attached hydrogens (tertiary/aromatic N) is 5. The third kappa shape index (κ3) is 3.58. The zero-order valence-corrected chi connectivity index (χ0v) is 14.0. The topological polar surface area (TPSA) is 35.5 Å². The molecular formula is C17H29N5. The van der Waals surface area contributed by atoms with Crippen LogP contribution in [0.2, 0.25) is 0 Å². The normalized spacial score (nSPS) is 22.2. The maximum absolute atomic E-state index is 4.53. The Balaban J connectivity index is 1.49. The van der Waals surface area contributed by atoms with E-state index in [1.165, 1.54) is 51.1 Å². The van der Waals surface area contributed by atoms with Crippen LogP contribution in [0.4, 0.5) is 5.95 Å². The fourth-order valence-electron chi connectivity index (χ4n) is 3.57. The average molecular weight is 303 g/mol. The van der Waals surface area contributed by atoms with E-state index in [0.717, 1.165) is 31.5 Å². The standard InChI is InChI=1S/C17H29N5/c1-3-15-13-18-17(19-14-15)22-7-5-16(6-8-22)21-11-9-20(4-2)10-12-21/h13-14,16H,3-12H2,1-2H3. The summed E-state index contributed by atoms with van der Waals surface area (Å²) in [6.45, 7) is 12.7. The number of likely N-dealkylation sites (N-methyl/N-ethyl adjacent to an activating group) is 1. The Hall–Kier alpha value is -1.20. The van der Waals surface area contributed by atoms with Crippen molar-refractivity contribution in [3.63, 3.8) is 0 Å². The SMILES string of the molecule is CCc1cnc(N2CCC(N3CCN(CC)CC3)CC2)nc1. The van der Waals surface area contributed by atoms with E-state index in [-0.39, 0.29) is 0 Å². The van der Waals surface area contributed by atoms with Gasteiger partial charge in [-0.05, 0) is 31.4 Å². The average Bonchev–Trinajstić information content (AvgIpc) is 2.62. The molecule has 5 nitrogen and oxygen atoms in total. The van der Waals surface area contributed by atoms with E-state index >= 15 is 0 Å². The third-order valence-corrected chi connectivity index (χ3v) is 5.22. The zero-order chi connectivity index (χ0) is 15.4. The van der Waals surface area contributed by atoms with Gasteiger partial charge in [-0.15, -0.1) is 0 Å². The van der Waals surface area contributed by atoms with Crippen LogP contribution in [-0.4, -0.2) is 71.6 Å². The Morgan fingerprint density at radius 2 is 1.59 bits per heavy atom. The maximum atomic E-state index is 4.53. The van der Waals surface area contributed by atoms with Gasteiger partial charge >= 0.3 is 0 Å². The van der Waals surface area contributed by atoms with Crippen LogP contribution >= 0.6 is 0 Å². The lowest BCUT2D eigenvalue weighted by Crippen LogP contribution is -2.53. The van der Waals surface area contributed by atoms with Crippen LogP contribution in [0, 0.1) is 0 Å². The summed E-state index contributed by atoms with van der Waals surface area (Å²) < 4.78 is 0. The van der Waals surface area contributed by atoms with E-state index in [1.807, 2.05) is 12.4 Å². The number of hydrogen-bond acceptors (Lipinski definition) is 5. The zero-order valence-electron chi connectivity index (χ0n) is 14.0. The highest BCUT2D eigenvalue weighted by Gasteiger charge is 2.27. The predicted molar refractivity (Wildman–Crippen MR) is 90.3 cm³/mol. The van der Waals surface area contributed by atoms with Crippen molar-refractivity contribution in [3.8, 4) is 0 Å². The third-order valence-electron chi connectivity index (χ3n) is 5.22. The van der Waals surface area contributed by atoms with Crippen molar-refractivity contribution in [3.05, 3.63) is 18.0 Å². The minimum absolute atomic E-state index is 0.755. The summed E-state index contributed by atoms with van der Waals surface area (Å²) in [6.07, 6.45) is 7.43. The van der Waals surface area contributed by atoms with Gasteiger partial charge in [-0.2, -0.15) is 0 Å². The summed E-state index contributed by atoms with van der Waals surface area (Å²) in [7, 11) is 0. The van der Waals surface area contributed by atoms with Crippen molar-refractivity contribution in [2.24, 2.45) is 0 Å². The van der Waals surface area contributed by atoms with Crippen LogP contribution in [0.5, 0.6) is 0 Å². The van der Waals surface area contributed by atoms with E-state index in [0.29, 0.717) is 0 Å². The van der Waals surface area contributed by atoms with Gasteiger partial charge in [-0.3, -0.25) is 4.90 Å². The van der Waals surface area contributed by atoms with Crippen molar-refractivity contribution in [1.82, 2.24) is 19.8 Å². The Labute approximate surface area is 134 Å². The predicted octanol–water partition coefficient (Wildman–Crippen LogP) is 1.65. The number of hydrogen-bond donors (Lipinski definition) is 0. The second kappa shape index (κ2) is 7.38. The molecule has 2 fully saturated rings. The van der Waals surface area contributed by atoms with Crippen LogP contribution < -0.4 is 4.90 Å². The first kappa shape index (κ1) is 15.7. The molecule has 0 saturated carbocycles. The molecule has 2 aliphatic heterocycles. The van der Waals surface area contributed by atoms with Crippen molar-refractivity contribution in [2.45, 2.75) is 39.2 Å². The molecule has 122 valence electrons. The fourth-order valence-corrected chi connectivity index (χ4v) is 3.57. The van der Waals surface area contributed by atoms with Crippen LogP contribution in [0.25, 0.3) is 0 Å². The van der Waals surface area contributed by atoms with Crippen LogP contribution in [0.3, 0.4) is 0 Å². The monoisotopic (exact) mass is 303 g/mol. The lowest BCUT2D eigenvalue weighted by atomic mass is 10.0. The summed E-state index contributed by atoms with van der Waals surface area (Å²) in [4.78, 5) is 16.6. The highest BCUT2D eigenvalue weighted by molar-refractivity contribution is 5.30. The van der Waals surface area contributed by atoms with E-state index in [1.54, 1.807) is 0 Å². The molecule has 0 spiro atoms. The van der Waals surface area contributed by atoms with E-state index in [2.05, 4.69) is 38.5 Å². The fraction of sp³-hybridized carbons (Fsp3) is 0.765. The Morgan fingerprint density at radius 3 is 2.14 bits per heavy atom. The lowest BCUT2D eigenvalue weighted by molar-refractivity contribution is 0.0877. The molecule has 0 amide bonds. The smallest absolute Gasteiger partial charge is 0.225 e. The molecule has 0 radical (unpaired) electrons. The van der Waals surface area contributed by atoms with Gasteiger partial charge in [0.1, 0.15) is 0 Å². The van der Waals surface area contributed by atoms with E-state index in [4.69, 9.17) is 0 Å². The second-order valence-corrected chi connectivity index (χ2v) is 6.43. The molecule has 0 aromatic carbocycles. The first-order valence-corrected chi connectivity index (χ1v) is 8.82. The van der Waals surface area contributed by atoms with Gasteiger partial charge in [-0.25, -0.2) is 9.97 Å². The Morgan fingerprint density at radius 1 is 0.955 bits per heavy atom. The minimum Gasteiger partial charge on any atom is -0.341 e. The molecule has 5 heteroatoms. The molecule has 0 atom stereocenters. The number of piperazine rings is 1. The van der Waals surface area contributed by atoms with E-state index in [9.17, 15) is 0 Å². The molecule has 0 N–H and O–H groups in total. The van der Waals surface area contributed by atoms with Crippen molar-refractivity contribution < 1.29 is 0 Å². The second-order valence-electron chi connectivity index (χ2n) is 6.43. The minimum atomic E-state index is 0.755. The molecule has 1 aromatic rings. The number of anilines is 1. The van der Waals surface area contributed by atoms with Gasteiger partial charge in [0.25, 0.3) is 0 Å². The molecule has 22 heavy (non-hydrogen) atoms. The van der Waals surface area contributed by atoms with Crippen molar-refractivity contribution in [2.75, 3.05) is 50.7 Å². The highest BCUT2D eigenvalue weighted by Crippen LogP contribution is 2.21. The highest BCUT2D eigenvalue weighted by atomic mass is 15.3. The van der Waals surface area contributed by atoms with Gasteiger partial charge in [0, 0.05) is 57.7 Å². The van der Waals surface area contributed by atoms with Gasteiger partial charge in [-0.1, -0.05) is 13.8 Å². The number of piperidine rings is 1. The summed E-state index contributed by atoms with van der Waals surface area (Å²) in [6, 6.07) is 0.755. The molecular weight excluding hydrogens is 274 g/mol. The summed E-state index contributed by atoms with van der Waals surface area (Å²) in [5.41, 5.74) is 1.22. The molecule has 2 saturated heterocycles. The Bertz CT molecular complexity index is 445. The number of aromatic nitrogens is 2. The molecule has 1 aromatic heterocycles. The summed E-state index contributed by atoms with van der Waals surface area (Å²) in [5, 5.41) is 0. The van der Waals surface area contributed by atoms with Crippen LogP contribution in [-0.2, 0) is 6.42 Å². The van der Waals surface area contributed by atoms with Crippen LogP contribution in [0.1, 0.15) is 32.3 Å². The Kier molecular flexibility index (Phi) is 5.26. The van der Waals surface area contributed by atoms with Crippen LogP contribution in [0.15, 0.2) is 12.4 Å². The van der Waals surface area contributed by atoms with Gasteiger partial charge in [0.15, 0.2) is 0 Å². The lowest BCUT2D eigenvalue weighted by Gasteiger charge is -2.42. The van der Waals surface area contributed by atoms with Gasteiger partial charge in [0.2, 0.25) is 5.95 Å². The van der Waals surface area contributed by atoms with Gasteiger partial charge < -0.3 is 9.80 Å². The van der Waals surface area contributed by atoms with Crippen molar-refractivity contribution in [1.29, 1.82) is 0 Å². The summed E-state index contributed by atoms with van der Waals surface area (Å²) in [5.74, 6) is 0.909. The first-order valence-electron chi connectivity index (χ1n) is 8.82. The first-order chi connectivity index (χ1) is 10.8. The van der Waals surface area contributed by atoms with E-state index < -0.39 is 0 Å². The molecule has 0 aliphatic carbocycles.